The first-order valence-corrected chi connectivity index (χ1v) is 5.99. The van der Waals surface area contributed by atoms with Gasteiger partial charge in [-0.05, 0) is 19.3 Å². The van der Waals surface area contributed by atoms with Crippen molar-refractivity contribution in [2.75, 3.05) is 33.4 Å². The van der Waals surface area contributed by atoms with Crippen molar-refractivity contribution >= 4 is 0 Å². The molecule has 0 aromatic carbocycles. The summed E-state index contributed by atoms with van der Waals surface area (Å²) in [6, 6.07) is 0.629. The molecular formula is C12H25NO2. The summed E-state index contributed by atoms with van der Waals surface area (Å²) in [4.78, 5) is 2.55. The Balaban J connectivity index is 2.48. The molecule has 0 amide bonds. The lowest BCUT2D eigenvalue weighted by molar-refractivity contribution is -0.0116. The highest BCUT2D eigenvalue weighted by molar-refractivity contribution is 4.78. The minimum absolute atomic E-state index is 0.347. The lowest BCUT2D eigenvalue weighted by Crippen LogP contribution is -2.47. The number of nitrogens with zero attached hydrogens (tertiary/aromatic N) is 1. The molecule has 0 bridgehead atoms. The zero-order chi connectivity index (χ0) is 11.3. The maximum Gasteiger partial charge on any atom is 0.0594 e. The van der Waals surface area contributed by atoms with E-state index in [1.807, 2.05) is 0 Å². The molecule has 0 spiro atoms. The third-order valence-electron chi connectivity index (χ3n) is 3.26. The van der Waals surface area contributed by atoms with Gasteiger partial charge in [0.2, 0.25) is 0 Å². The summed E-state index contributed by atoms with van der Waals surface area (Å²) in [6.07, 6.45) is 1.47. The minimum Gasteiger partial charge on any atom is -0.382 e. The molecule has 0 saturated carbocycles. The fraction of sp³-hybridized carbons (Fsp3) is 1.00. The number of hydrogen-bond donors (Lipinski definition) is 0. The molecule has 1 heterocycles. The molecule has 1 saturated heterocycles. The normalized spacial score (nSPS) is 23.0. The third-order valence-corrected chi connectivity index (χ3v) is 3.26. The van der Waals surface area contributed by atoms with Crippen LogP contribution in [0.3, 0.4) is 0 Å². The van der Waals surface area contributed by atoms with Gasteiger partial charge in [0.25, 0.3) is 0 Å². The van der Waals surface area contributed by atoms with Crippen LogP contribution in [0.4, 0.5) is 0 Å². The van der Waals surface area contributed by atoms with Crippen molar-refractivity contribution < 1.29 is 9.47 Å². The van der Waals surface area contributed by atoms with E-state index in [2.05, 4.69) is 25.7 Å². The summed E-state index contributed by atoms with van der Waals surface area (Å²) < 4.78 is 10.8. The Morgan fingerprint density at radius 2 is 1.80 bits per heavy atom. The zero-order valence-corrected chi connectivity index (χ0v) is 10.5. The molecule has 3 nitrogen and oxygen atoms in total. The molecule has 0 aromatic rings. The first kappa shape index (κ1) is 12.9. The van der Waals surface area contributed by atoms with Crippen LogP contribution in [0.25, 0.3) is 0 Å². The summed E-state index contributed by atoms with van der Waals surface area (Å²) in [5, 5.41) is 0. The fourth-order valence-electron chi connectivity index (χ4n) is 2.19. The van der Waals surface area contributed by atoms with Crippen molar-refractivity contribution in [2.24, 2.45) is 5.92 Å². The van der Waals surface area contributed by atoms with Crippen molar-refractivity contribution in [3.63, 3.8) is 0 Å². The molecule has 3 heteroatoms. The fourth-order valence-corrected chi connectivity index (χ4v) is 2.19. The highest BCUT2D eigenvalue weighted by atomic mass is 16.5. The van der Waals surface area contributed by atoms with Crippen LogP contribution >= 0.6 is 0 Å². The van der Waals surface area contributed by atoms with E-state index in [0.29, 0.717) is 18.1 Å². The summed E-state index contributed by atoms with van der Waals surface area (Å²) in [5.41, 5.74) is 0. The second-order valence-electron chi connectivity index (χ2n) is 4.74. The SMILES string of the molecule is COC(C)CC(C(C)C)N1CCOCC1. The van der Waals surface area contributed by atoms with Gasteiger partial charge in [-0.25, -0.2) is 0 Å². The van der Waals surface area contributed by atoms with E-state index in [-0.39, 0.29) is 0 Å². The van der Waals surface area contributed by atoms with Gasteiger partial charge >= 0.3 is 0 Å². The Bertz CT molecular complexity index is 167. The van der Waals surface area contributed by atoms with Gasteiger partial charge < -0.3 is 9.47 Å². The molecule has 0 aliphatic carbocycles. The van der Waals surface area contributed by atoms with Crippen molar-refractivity contribution in [3.05, 3.63) is 0 Å². The standard InChI is InChI=1S/C12H25NO2/c1-10(2)12(9-11(3)14-4)13-5-7-15-8-6-13/h10-12H,5-9H2,1-4H3. The number of ether oxygens (including phenoxy) is 2. The Kier molecular flexibility index (Phi) is 5.58. The average Bonchev–Trinajstić information content (AvgIpc) is 2.26. The average molecular weight is 215 g/mol. The topological polar surface area (TPSA) is 21.7 Å². The number of hydrogen-bond acceptors (Lipinski definition) is 3. The van der Waals surface area contributed by atoms with Crippen LogP contribution in [0.2, 0.25) is 0 Å². The van der Waals surface area contributed by atoms with Crippen LogP contribution < -0.4 is 0 Å². The Morgan fingerprint density at radius 1 is 1.20 bits per heavy atom. The first-order valence-electron chi connectivity index (χ1n) is 5.99. The smallest absolute Gasteiger partial charge is 0.0594 e. The molecule has 0 aromatic heterocycles. The van der Waals surface area contributed by atoms with Gasteiger partial charge in [-0.2, -0.15) is 0 Å². The molecule has 1 aliphatic heterocycles. The van der Waals surface area contributed by atoms with E-state index in [1.165, 1.54) is 0 Å². The Labute approximate surface area is 93.7 Å². The van der Waals surface area contributed by atoms with Crippen LogP contribution in [0.5, 0.6) is 0 Å². The van der Waals surface area contributed by atoms with Crippen LogP contribution in [0, 0.1) is 5.92 Å². The molecule has 0 N–H and O–H groups in total. The van der Waals surface area contributed by atoms with Gasteiger partial charge in [0.15, 0.2) is 0 Å². The predicted molar refractivity (Wildman–Crippen MR) is 62.1 cm³/mol. The molecular weight excluding hydrogens is 190 g/mol. The van der Waals surface area contributed by atoms with Crippen molar-refractivity contribution in [3.8, 4) is 0 Å². The summed E-state index contributed by atoms with van der Waals surface area (Å²) in [6.45, 7) is 10.6. The lowest BCUT2D eigenvalue weighted by Gasteiger charge is -2.38. The van der Waals surface area contributed by atoms with Gasteiger partial charge in [0.1, 0.15) is 0 Å². The summed E-state index contributed by atoms with van der Waals surface area (Å²) >= 11 is 0. The molecule has 15 heavy (non-hydrogen) atoms. The molecule has 90 valence electrons. The van der Waals surface area contributed by atoms with E-state index in [1.54, 1.807) is 7.11 Å². The van der Waals surface area contributed by atoms with E-state index in [0.717, 1.165) is 32.7 Å². The lowest BCUT2D eigenvalue weighted by atomic mass is 9.96. The molecule has 1 fully saturated rings. The largest absolute Gasteiger partial charge is 0.382 e. The summed E-state index contributed by atoms with van der Waals surface area (Å²) in [7, 11) is 1.79. The predicted octanol–water partition coefficient (Wildman–Crippen LogP) is 1.77. The third kappa shape index (κ3) is 4.09. The van der Waals surface area contributed by atoms with Gasteiger partial charge in [-0.15, -0.1) is 0 Å². The maximum atomic E-state index is 5.39. The molecule has 1 rings (SSSR count). The summed E-state index contributed by atoms with van der Waals surface area (Å²) in [5.74, 6) is 0.681. The Hall–Kier alpha value is -0.120. The first-order chi connectivity index (χ1) is 7.15. The van der Waals surface area contributed by atoms with E-state index in [9.17, 15) is 0 Å². The number of rotatable bonds is 5. The van der Waals surface area contributed by atoms with Crippen LogP contribution in [0.15, 0.2) is 0 Å². The quantitative estimate of drug-likeness (QED) is 0.697. The second-order valence-corrected chi connectivity index (χ2v) is 4.74. The van der Waals surface area contributed by atoms with Gasteiger partial charge in [-0.3, -0.25) is 4.90 Å². The highest BCUT2D eigenvalue weighted by Crippen LogP contribution is 2.18. The van der Waals surface area contributed by atoms with Crippen LogP contribution in [0.1, 0.15) is 27.2 Å². The number of methoxy groups -OCH3 is 1. The van der Waals surface area contributed by atoms with Crippen molar-refractivity contribution in [2.45, 2.75) is 39.3 Å². The Morgan fingerprint density at radius 3 is 2.27 bits per heavy atom. The van der Waals surface area contributed by atoms with Gasteiger partial charge in [0, 0.05) is 26.2 Å². The van der Waals surface area contributed by atoms with Crippen LogP contribution in [-0.4, -0.2) is 50.5 Å². The van der Waals surface area contributed by atoms with E-state index in [4.69, 9.17) is 9.47 Å². The van der Waals surface area contributed by atoms with Crippen molar-refractivity contribution in [1.82, 2.24) is 4.90 Å². The van der Waals surface area contributed by atoms with Crippen LogP contribution in [-0.2, 0) is 9.47 Å². The van der Waals surface area contributed by atoms with Gasteiger partial charge in [-0.1, -0.05) is 13.8 Å². The second kappa shape index (κ2) is 6.46. The molecule has 1 aliphatic rings. The maximum absolute atomic E-state index is 5.39. The number of morpholine rings is 1. The monoisotopic (exact) mass is 215 g/mol. The van der Waals surface area contributed by atoms with E-state index < -0.39 is 0 Å². The molecule has 2 atom stereocenters. The van der Waals surface area contributed by atoms with Gasteiger partial charge in [0.05, 0.1) is 19.3 Å². The van der Waals surface area contributed by atoms with Crippen molar-refractivity contribution in [1.29, 1.82) is 0 Å². The minimum atomic E-state index is 0.347. The molecule has 0 radical (unpaired) electrons. The van der Waals surface area contributed by atoms with E-state index >= 15 is 0 Å². The molecule has 2 unspecified atom stereocenters. The highest BCUT2D eigenvalue weighted by Gasteiger charge is 2.25. The zero-order valence-electron chi connectivity index (χ0n) is 10.5.